The van der Waals surface area contributed by atoms with Gasteiger partial charge < -0.3 is 9.47 Å². The Morgan fingerprint density at radius 1 is 1.21 bits per heavy atom. The van der Waals surface area contributed by atoms with Crippen LogP contribution in [0.3, 0.4) is 0 Å². The predicted molar refractivity (Wildman–Crippen MR) is 118 cm³/mol. The Kier molecular flexibility index (Phi) is 8.88. The Bertz CT molecular complexity index is 596. The normalized spacial score (nSPS) is 26.2. The molecule has 0 bridgehead atoms. The van der Waals surface area contributed by atoms with E-state index in [1.807, 2.05) is 32.5 Å². The van der Waals surface area contributed by atoms with Gasteiger partial charge in [0.1, 0.15) is 0 Å². The molecule has 0 aromatic heterocycles. The third-order valence-corrected chi connectivity index (χ3v) is 7.01. The number of carbonyl (C=O) groups is 1. The van der Waals surface area contributed by atoms with E-state index in [-0.39, 0.29) is 12.1 Å². The summed E-state index contributed by atoms with van der Waals surface area (Å²) >= 11 is 1.91. The molecule has 3 nitrogen and oxygen atoms in total. The fourth-order valence-corrected chi connectivity index (χ4v) is 4.88. The minimum atomic E-state index is -0.453. The van der Waals surface area contributed by atoms with Gasteiger partial charge in [-0.1, -0.05) is 45.4 Å². The number of rotatable bonds is 9. The lowest BCUT2D eigenvalue weighted by Crippen LogP contribution is -2.27. The van der Waals surface area contributed by atoms with Crippen LogP contribution in [0.15, 0.2) is 35.2 Å². The molecule has 1 aliphatic rings. The van der Waals surface area contributed by atoms with Crippen molar-refractivity contribution in [3.63, 3.8) is 0 Å². The van der Waals surface area contributed by atoms with Crippen molar-refractivity contribution < 1.29 is 14.3 Å². The second-order valence-electron chi connectivity index (χ2n) is 9.28. The van der Waals surface area contributed by atoms with E-state index in [1.165, 1.54) is 11.3 Å². The van der Waals surface area contributed by atoms with Crippen LogP contribution < -0.4 is 0 Å². The lowest BCUT2D eigenvalue weighted by atomic mass is 9.85. The molecule has 1 heterocycles. The summed E-state index contributed by atoms with van der Waals surface area (Å²) in [6, 6.07) is 10.6. The molecule has 1 aromatic rings. The van der Waals surface area contributed by atoms with Gasteiger partial charge in [-0.3, -0.25) is 4.79 Å². The van der Waals surface area contributed by atoms with Crippen molar-refractivity contribution in [2.75, 3.05) is 12.4 Å². The minimum Gasteiger partial charge on any atom is -0.465 e. The topological polar surface area (TPSA) is 35.5 Å². The zero-order chi connectivity index (χ0) is 20.7. The third-order valence-electron chi connectivity index (χ3n) is 5.85. The number of ether oxygens (including phenoxy) is 2. The molecule has 1 fully saturated rings. The lowest BCUT2D eigenvalue weighted by molar-refractivity contribution is -0.153. The highest BCUT2D eigenvalue weighted by atomic mass is 32.2. The molecule has 0 saturated carbocycles. The molecular formula is C24H38O3S. The summed E-state index contributed by atoms with van der Waals surface area (Å²) in [4.78, 5) is 13.4. The van der Waals surface area contributed by atoms with Gasteiger partial charge in [0.2, 0.25) is 0 Å². The monoisotopic (exact) mass is 406 g/mol. The first-order valence-corrected chi connectivity index (χ1v) is 11.7. The standard InChI is InChI=1S/C24H38O3S/c1-7-17(2)15-22-18(3)20(16-28-19-11-9-8-10-12-19)21(27-22)13-14-26-23(25)24(4,5)6/h8-12,17-18,20-22H,7,13-16H2,1-6H3/t17-,18-,20-,21+,22-/m1/s1. The molecular weight excluding hydrogens is 368 g/mol. The van der Waals surface area contributed by atoms with Crippen LogP contribution in [0.4, 0.5) is 0 Å². The first-order chi connectivity index (χ1) is 13.2. The summed E-state index contributed by atoms with van der Waals surface area (Å²) in [5.74, 6) is 2.58. The van der Waals surface area contributed by atoms with Crippen LogP contribution in [-0.4, -0.2) is 30.5 Å². The lowest BCUT2D eigenvalue weighted by Gasteiger charge is -2.22. The van der Waals surface area contributed by atoms with Crippen molar-refractivity contribution in [1.82, 2.24) is 0 Å². The average molecular weight is 407 g/mol. The van der Waals surface area contributed by atoms with Crippen LogP contribution in [-0.2, 0) is 14.3 Å². The van der Waals surface area contributed by atoms with E-state index in [0.29, 0.717) is 30.5 Å². The summed E-state index contributed by atoms with van der Waals surface area (Å²) in [7, 11) is 0. The molecule has 158 valence electrons. The number of benzene rings is 1. The Morgan fingerprint density at radius 2 is 1.89 bits per heavy atom. The minimum absolute atomic E-state index is 0.134. The number of esters is 1. The fraction of sp³-hybridized carbons (Fsp3) is 0.708. The second kappa shape index (κ2) is 10.7. The third kappa shape index (κ3) is 6.81. The number of hydrogen-bond donors (Lipinski definition) is 0. The van der Waals surface area contributed by atoms with Crippen LogP contribution in [0.25, 0.3) is 0 Å². The summed E-state index contributed by atoms with van der Waals surface area (Å²) in [6.07, 6.45) is 3.54. The highest BCUT2D eigenvalue weighted by Gasteiger charge is 2.41. The van der Waals surface area contributed by atoms with Gasteiger partial charge in [0.25, 0.3) is 0 Å². The van der Waals surface area contributed by atoms with E-state index >= 15 is 0 Å². The van der Waals surface area contributed by atoms with Gasteiger partial charge in [-0.05, 0) is 57.1 Å². The molecule has 1 saturated heterocycles. The molecule has 1 aliphatic heterocycles. The summed E-state index contributed by atoms with van der Waals surface area (Å²) in [5, 5.41) is 0. The number of thioether (sulfide) groups is 1. The van der Waals surface area contributed by atoms with Crippen molar-refractivity contribution >= 4 is 17.7 Å². The van der Waals surface area contributed by atoms with E-state index in [1.54, 1.807) is 0 Å². The van der Waals surface area contributed by atoms with E-state index in [9.17, 15) is 4.79 Å². The Labute approximate surface area is 176 Å². The quantitative estimate of drug-likeness (QED) is 0.360. The Balaban J connectivity index is 1.97. The SMILES string of the molecule is CC[C@@H](C)C[C@H]1O[C@@H](CCOC(=O)C(C)(C)C)[C@H](CSc2ccccc2)[C@H]1C. The van der Waals surface area contributed by atoms with Gasteiger partial charge in [-0.2, -0.15) is 0 Å². The number of hydrogen-bond acceptors (Lipinski definition) is 4. The van der Waals surface area contributed by atoms with Gasteiger partial charge in [0.05, 0.1) is 24.2 Å². The summed E-state index contributed by atoms with van der Waals surface area (Å²) in [5.41, 5.74) is -0.453. The molecule has 28 heavy (non-hydrogen) atoms. The van der Waals surface area contributed by atoms with E-state index in [2.05, 4.69) is 51.1 Å². The summed E-state index contributed by atoms with van der Waals surface area (Å²) in [6.45, 7) is 13.0. The summed E-state index contributed by atoms with van der Waals surface area (Å²) < 4.78 is 12.0. The molecule has 1 aromatic carbocycles. The molecule has 4 heteroatoms. The van der Waals surface area contributed by atoms with Gasteiger partial charge in [-0.25, -0.2) is 0 Å². The van der Waals surface area contributed by atoms with Crippen molar-refractivity contribution in [2.24, 2.45) is 23.2 Å². The van der Waals surface area contributed by atoms with Crippen molar-refractivity contribution in [2.45, 2.75) is 77.9 Å². The van der Waals surface area contributed by atoms with E-state index in [4.69, 9.17) is 9.47 Å². The maximum absolute atomic E-state index is 12.1. The van der Waals surface area contributed by atoms with Crippen LogP contribution in [0, 0.1) is 23.2 Å². The van der Waals surface area contributed by atoms with E-state index < -0.39 is 5.41 Å². The average Bonchev–Trinajstić information content (AvgIpc) is 2.94. The zero-order valence-corrected chi connectivity index (χ0v) is 19.3. The first-order valence-electron chi connectivity index (χ1n) is 10.7. The highest BCUT2D eigenvalue weighted by molar-refractivity contribution is 7.99. The molecule has 2 rings (SSSR count). The fourth-order valence-electron chi connectivity index (χ4n) is 3.63. The Morgan fingerprint density at radius 3 is 2.50 bits per heavy atom. The van der Waals surface area contributed by atoms with Gasteiger partial charge in [-0.15, -0.1) is 11.8 Å². The molecule has 0 N–H and O–H groups in total. The molecule has 0 spiro atoms. The highest BCUT2D eigenvalue weighted by Crippen LogP contribution is 2.40. The Hall–Kier alpha value is -1.00. The van der Waals surface area contributed by atoms with Crippen molar-refractivity contribution in [3.8, 4) is 0 Å². The van der Waals surface area contributed by atoms with Crippen LogP contribution in [0.5, 0.6) is 0 Å². The van der Waals surface area contributed by atoms with Crippen LogP contribution in [0.1, 0.15) is 60.8 Å². The van der Waals surface area contributed by atoms with Gasteiger partial charge in [0, 0.05) is 17.1 Å². The second-order valence-corrected chi connectivity index (χ2v) is 10.4. The molecule has 0 aliphatic carbocycles. The number of carbonyl (C=O) groups excluding carboxylic acids is 1. The predicted octanol–water partition coefficient (Wildman–Crippen LogP) is 6.21. The largest absolute Gasteiger partial charge is 0.465 e. The maximum Gasteiger partial charge on any atom is 0.311 e. The van der Waals surface area contributed by atoms with Gasteiger partial charge in [0.15, 0.2) is 0 Å². The van der Waals surface area contributed by atoms with Crippen molar-refractivity contribution in [3.05, 3.63) is 30.3 Å². The maximum atomic E-state index is 12.1. The molecule has 5 atom stereocenters. The smallest absolute Gasteiger partial charge is 0.311 e. The van der Waals surface area contributed by atoms with Gasteiger partial charge >= 0.3 is 5.97 Å². The molecule has 0 unspecified atom stereocenters. The van der Waals surface area contributed by atoms with Crippen molar-refractivity contribution in [1.29, 1.82) is 0 Å². The molecule has 0 radical (unpaired) electrons. The zero-order valence-electron chi connectivity index (χ0n) is 18.4. The first kappa shape index (κ1) is 23.3. The van der Waals surface area contributed by atoms with E-state index in [0.717, 1.165) is 18.6 Å². The van der Waals surface area contributed by atoms with Crippen LogP contribution >= 0.6 is 11.8 Å². The van der Waals surface area contributed by atoms with Crippen LogP contribution in [0.2, 0.25) is 0 Å². The molecule has 0 amide bonds.